The van der Waals surface area contributed by atoms with Crippen molar-refractivity contribution in [2.45, 2.75) is 53.0 Å². The van der Waals surface area contributed by atoms with E-state index in [1.807, 2.05) is 36.4 Å². The molecular weight excluding hydrogens is 454 g/mol. The number of hydrogen-bond donors (Lipinski definition) is 1. The van der Waals surface area contributed by atoms with Crippen molar-refractivity contribution in [2.24, 2.45) is 11.3 Å². The molecule has 2 aromatic carbocycles. The molecule has 1 aliphatic carbocycles. The first kappa shape index (κ1) is 25.5. The first-order chi connectivity index (χ1) is 17.2. The van der Waals surface area contributed by atoms with Gasteiger partial charge in [-0.3, -0.25) is 4.79 Å². The Morgan fingerprint density at radius 3 is 2.39 bits per heavy atom. The topological polar surface area (TPSA) is 82.5 Å². The van der Waals surface area contributed by atoms with Crippen LogP contribution < -0.4 is 10.1 Å². The van der Waals surface area contributed by atoms with E-state index in [1.165, 1.54) is 6.42 Å². The molecule has 1 N–H and O–H groups in total. The van der Waals surface area contributed by atoms with Crippen LogP contribution in [0.25, 0.3) is 16.9 Å². The van der Waals surface area contributed by atoms with Crippen LogP contribution in [-0.4, -0.2) is 41.4 Å². The fourth-order valence-corrected chi connectivity index (χ4v) is 5.33. The third kappa shape index (κ3) is 5.78. The molecule has 1 aromatic heterocycles. The Labute approximate surface area is 212 Å². The van der Waals surface area contributed by atoms with Gasteiger partial charge < -0.3 is 14.8 Å². The molecule has 4 rings (SSSR count). The van der Waals surface area contributed by atoms with E-state index in [-0.39, 0.29) is 29.7 Å². The van der Waals surface area contributed by atoms with Crippen LogP contribution in [0.3, 0.4) is 0 Å². The highest BCUT2D eigenvalue weighted by Gasteiger charge is 2.32. The SMILES string of the molecule is CCOC(=O)c1cc(-c2ccc(OC)cc2)n(-c2ccc(C(=O)N[C@H]3C[C@H](C)CC(C)(C)C3)cc2)n1. The number of hydrogen-bond acceptors (Lipinski definition) is 5. The zero-order valence-electron chi connectivity index (χ0n) is 21.7. The highest BCUT2D eigenvalue weighted by molar-refractivity contribution is 5.94. The number of nitrogens with one attached hydrogen (secondary N) is 1. The summed E-state index contributed by atoms with van der Waals surface area (Å²) in [6, 6.07) is 16.7. The molecule has 0 spiro atoms. The number of rotatable bonds is 7. The van der Waals surface area contributed by atoms with Crippen molar-refractivity contribution in [3.8, 4) is 22.7 Å². The maximum absolute atomic E-state index is 13.0. The number of methoxy groups -OCH3 is 1. The summed E-state index contributed by atoms with van der Waals surface area (Å²) in [6.07, 6.45) is 3.17. The average Bonchev–Trinajstić information content (AvgIpc) is 3.29. The van der Waals surface area contributed by atoms with Crippen LogP contribution in [0.1, 0.15) is 67.8 Å². The Morgan fingerprint density at radius 2 is 1.78 bits per heavy atom. The molecular formula is C29H35N3O4. The van der Waals surface area contributed by atoms with Crippen LogP contribution in [0, 0.1) is 11.3 Å². The first-order valence-corrected chi connectivity index (χ1v) is 12.5. The molecule has 1 saturated carbocycles. The predicted octanol–water partition coefficient (Wildman–Crippen LogP) is 5.67. The number of amides is 1. The van der Waals surface area contributed by atoms with Gasteiger partial charge in [0.2, 0.25) is 0 Å². The van der Waals surface area contributed by atoms with Gasteiger partial charge in [0.15, 0.2) is 5.69 Å². The smallest absolute Gasteiger partial charge is 0.358 e. The summed E-state index contributed by atoms with van der Waals surface area (Å²) >= 11 is 0. The van der Waals surface area contributed by atoms with Crippen molar-refractivity contribution in [1.82, 2.24) is 15.1 Å². The van der Waals surface area contributed by atoms with Crippen molar-refractivity contribution >= 4 is 11.9 Å². The van der Waals surface area contributed by atoms with Gasteiger partial charge in [0.05, 0.1) is 25.1 Å². The zero-order valence-corrected chi connectivity index (χ0v) is 21.7. The van der Waals surface area contributed by atoms with Crippen molar-refractivity contribution in [1.29, 1.82) is 0 Å². The molecule has 0 radical (unpaired) electrons. The predicted molar refractivity (Wildman–Crippen MR) is 140 cm³/mol. The highest BCUT2D eigenvalue weighted by atomic mass is 16.5. The summed E-state index contributed by atoms with van der Waals surface area (Å²) in [6.45, 7) is 8.82. The standard InChI is InChI=1S/C29H35N3O4/c1-6-36-28(34)25-16-26(20-9-13-24(35-5)14-10-20)32(31-25)23-11-7-21(8-12-23)27(33)30-22-15-19(2)17-29(3,4)18-22/h7-14,16,19,22H,6,15,17-18H2,1-5H3,(H,30,33)/t19-,22-/m0/s1. The lowest BCUT2D eigenvalue weighted by molar-refractivity contribution is 0.0518. The summed E-state index contributed by atoms with van der Waals surface area (Å²) in [5.74, 6) is 0.777. The molecule has 1 amide bonds. The zero-order chi connectivity index (χ0) is 25.9. The molecule has 7 heteroatoms. The molecule has 7 nitrogen and oxygen atoms in total. The number of nitrogens with zero attached hydrogens (tertiary/aromatic N) is 2. The van der Waals surface area contributed by atoms with Gasteiger partial charge in [-0.2, -0.15) is 5.10 Å². The Bertz CT molecular complexity index is 1210. The van der Waals surface area contributed by atoms with Crippen LogP contribution >= 0.6 is 0 Å². The largest absolute Gasteiger partial charge is 0.497 e. The van der Waals surface area contributed by atoms with Crippen molar-refractivity contribution < 1.29 is 19.1 Å². The molecule has 0 unspecified atom stereocenters. The molecule has 36 heavy (non-hydrogen) atoms. The maximum Gasteiger partial charge on any atom is 0.358 e. The molecule has 2 atom stereocenters. The molecule has 1 heterocycles. The fraction of sp³-hybridized carbons (Fsp3) is 0.414. The number of aromatic nitrogens is 2. The van der Waals surface area contributed by atoms with E-state index in [1.54, 1.807) is 36.9 Å². The highest BCUT2D eigenvalue weighted by Crippen LogP contribution is 2.38. The lowest BCUT2D eigenvalue weighted by Crippen LogP contribution is -2.42. The molecule has 1 aliphatic rings. The molecule has 0 bridgehead atoms. The van der Waals surface area contributed by atoms with Gasteiger partial charge in [0, 0.05) is 17.2 Å². The first-order valence-electron chi connectivity index (χ1n) is 12.5. The normalized spacial score (nSPS) is 18.9. The summed E-state index contributed by atoms with van der Waals surface area (Å²) in [5.41, 5.74) is 3.39. The third-order valence-corrected chi connectivity index (χ3v) is 6.68. The number of esters is 1. The Balaban J connectivity index is 1.59. The van der Waals surface area contributed by atoms with Crippen molar-refractivity contribution in [3.63, 3.8) is 0 Å². The third-order valence-electron chi connectivity index (χ3n) is 6.68. The number of ether oxygens (including phenoxy) is 2. The number of carbonyl (C=O) groups is 2. The summed E-state index contributed by atoms with van der Waals surface area (Å²) in [4.78, 5) is 25.4. The average molecular weight is 490 g/mol. The maximum atomic E-state index is 13.0. The van der Waals surface area contributed by atoms with Gasteiger partial charge in [-0.05, 0) is 92.1 Å². The minimum atomic E-state index is -0.480. The van der Waals surface area contributed by atoms with Crippen molar-refractivity contribution in [3.05, 3.63) is 65.9 Å². The van der Waals surface area contributed by atoms with Gasteiger partial charge in [0.25, 0.3) is 5.91 Å². The molecule has 0 aliphatic heterocycles. The van der Waals surface area contributed by atoms with Gasteiger partial charge >= 0.3 is 5.97 Å². The minimum Gasteiger partial charge on any atom is -0.497 e. The summed E-state index contributed by atoms with van der Waals surface area (Å²) in [5, 5.41) is 7.75. The van der Waals surface area contributed by atoms with Gasteiger partial charge in [-0.1, -0.05) is 20.8 Å². The molecule has 1 fully saturated rings. The number of benzene rings is 2. The number of carbonyl (C=O) groups excluding carboxylic acids is 2. The Morgan fingerprint density at radius 1 is 1.08 bits per heavy atom. The van der Waals surface area contributed by atoms with E-state index < -0.39 is 5.97 Å². The van der Waals surface area contributed by atoms with Gasteiger partial charge in [0.1, 0.15) is 5.75 Å². The fourth-order valence-electron chi connectivity index (χ4n) is 5.33. The molecule has 190 valence electrons. The van der Waals surface area contributed by atoms with E-state index in [9.17, 15) is 9.59 Å². The van der Waals surface area contributed by atoms with Crippen molar-refractivity contribution in [2.75, 3.05) is 13.7 Å². The lowest BCUT2D eigenvalue weighted by Gasteiger charge is -2.39. The van der Waals surface area contributed by atoms with Gasteiger partial charge in [-0.15, -0.1) is 0 Å². The Hall–Kier alpha value is -3.61. The van der Waals surface area contributed by atoms with E-state index in [4.69, 9.17) is 9.47 Å². The van der Waals surface area contributed by atoms with Crippen LogP contribution in [0.15, 0.2) is 54.6 Å². The van der Waals surface area contributed by atoms with Crippen LogP contribution in [0.4, 0.5) is 0 Å². The second-order valence-electron chi connectivity index (χ2n) is 10.4. The van der Waals surface area contributed by atoms with E-state index >= 15 is 0 Å². The summed E-state index contributed by atoms with van der Waals surface area (Å²) in [7, 11) is 1.62. The van der Waals surface area contributed by atoms with Gasteiger partial charge in [-0.25, -0.2) is 9.48 Å². The van der Waals surface area contributed by atoms with E-state index in [2.05, 4.69) is 31.2 Å². The Kier molecular flexibility index (Phi) is 7.48. The van der Waals surface area contributed by atoms with E-state index in [0.717, 1.165) is 35.5 Å². The van der Waals surface area contributed by atoms with Crippen LogP contribution in [0.5, 0.6) is 5.75 Å². The monoisotopic (exact) mass is 489 g/mol. The van der Waals surface area contributed by atoms with E-state index in [0.29, 0.717) is 11.5 Å². The molecule has 0 saturated heterocycles. The molecule has 3 aromatic rings. The minimum absolute atomic E-state index is 0.0699. The quantitative estimate of drug-likeness (QED) is 0.433. The summed E-state index contributed by atoms with van der Waals surface area (Å²) < 4.78 is 12.1. The van der Waals surface area contributed by atoms with Crippen LogP contribution in [-0.2, 0) is 4.74 Å². The second kappa shape index (κ2) is 10.6. The second-order valence-corrected chi connectivity index (χ2v) is 10.4. The van der Waals surface area contributed by atoms with Crippen LogP contribution in [0.2, 0.25) is 0 Å². The lowest BCUT2D eigenvalue weighted by atomic mass is 9.70.